The third-order valence-electron chi connectivity index (χ3n) is 3.81. The lowest BCUT2D eigenvalue weighted by atomic mass is 10.1. The minimum Gasteiger partial charge on any atom is -0.478 e. The molecule has 3 aromatic rings. The van der Waals surface area contributed by atoms with Gasteiger partial charge in [-0.1, -0.05) is 12.1 Å². The van der Waals surface area contributed by atoms with E-state index in [1.165, 1.54) is 6.07 Å². The topological polar surface area (TPSA) is 92.4 Å². The van der Waals surface area contributed by atoms with Gasteiger partial charge in [0.25, 0.3) is 0 Å². The zero-order valence-electron chi connectivity index (χ0n) is 13.9. The zero-order chi connectivity index (χ0) is 18.0. The number of benzene rings is 2. The van der Waals surface area contributed by atoms with Crippen LogP contribution >= 0.6 is 0 Å². The number of aryl methyl sites for hydroxylation is 2. The van der Waals surface area contributed by atoms with Crippen LogP contribution in [-0.4, -0.2) is 26.8 Å². The predicted octanol–water partition coefficient (Wildman–Crippen LogP) is 3.00. The molecule has 3 rings (SSSR count). The molecule has 0 spiro atoms. The van der Waals surface area contributed by atoms with Crippen LogP contribution in [0.1, 0.15) is 27.4 Å². The number of carboxylic acids is 1. The van der Waals surface area contributed by atoms with Crippen LogP contribution in [0.5, 0.6) is 0 Å². The molecule has 1 aromatic heterocycles. The largest absolute Gasteiger partial charge is 0.478 e. The average Bonchev–Trinajstić information content (AvgIpc) is 2.96. The Morgan fingerprint density at radius 1 is 1.24 bits per heavy atom. The highest BCUT2D eigenvalue weighted by Crippen LogP contribution is 2.17. The second-order valence-corrected chi connectivity index (χ2v) is 7.07. The number of carbonyl (C=O) groups is 1. The maximum atomic E-state index is 12.3. The van der Waals surface area contributed by atoms with Crippen molar-refractivity contribution in [1.29, 1.82) is 0 Å². The minimum atomic E-state index is -1.50. The summed E-state index contributed by atoms with van der Waals surface area (Å²) in [6.45, 7) is 4.10. The Morgan fingerprint density at radius 2 is 2.04 bits per heavy atom. The molecule has 1 unspecified atom stereocenters. The summed E-state index contributed by atoms with van der Waals surface area (Å²) < 4.78 is 20.8. The molecule has 0 aliphatic rings. The van der Waals surface area contributed by atoms with Gasteiger partial charge in [0.05, 0.1) is 10.5 Å². The molecule has 1 atom stereocenters. The normalized spacial score (nSPS) is 12.4. The van der Waals surface area contributed by atoms with Gasteiger partial charge in [-0.15, -0.1) is 0 Å². The second kappa shape index (κ2) is 7.16. The molecule has 0 aliphatic carbocycles. The number of aromatic nitrogens is 1. The Kier molecular flexibility index (Phi) is 4.96. The molecule has 0 saturated heterocycles. The average molecular weight is 358 g/mol. The van der Waals surface area contributed by atoms with Crippen LogP contribution in [-0.2, 0) is 17.4 Å². The molecule has 0 bridgehead atoms. The fourth-order valence-electron chi connectivity index (χ4n) is 2.47. The highest BCUT2D eigenvalue weighted by molar-refractivity contribution is 7.83. The molecular weight excluding hydrogens is 340 g/mol. The molecule has 0 radical (unpaired) electrons. The lowest BCUT2D eigenvalue weighted by molar-refractivity contribution is 0.0696. The van der Waals surface area contributed by atoms with Gasteiger partial charge in [0.15, 0.2) is 11.5 Å². The summed E-state index contributed by atoms with van der Waals surface area (Å²) in [6, 6.07) is 10.5. The third kappa shape index (κ3) is 3.94. The van der Waals surface area contributed by atoms with E-state index in [1.54, 1.807) is 19.1 Å². The van der Waals surface area contributed by atoms with Crippen LogP contribution < -0.4 is 4.72 Å². The SMILES string of the molecule is Cc1ccc2oc(CCNS(=O)c3ccc(C)c(C(=O)O)c3)nc2c1. The molecule has 130 valence electrons. The van der Waals surface area contributed by atoms with Gasteiger partial charge in [0, 0.05) is 13.0 Å². The standard InChI is InChI=1S/C18H18N2O4S/c1-11-3-6-16-15(9-11)20-17(24-16)7-8-19-25(23)13-5-4-12(2)14(10-13)18(21)22/h3-6,9-10,19H,7-8H2,1-2H3,(H,21,22). The van der Waals surface area contributed by atoms with Crippen LogP contribution in [0.15, 0.2) is 45.7 Å². The summed E-state index contributed by atoms with van der Waals surface area (Å²) in [5, 5.41) is 9.15. The van der Waals surface area contributed by atoms with E-state index in [-0.39, 0.29) is 5.56 Å². The van der Waals surface area contributed by atoms with Gasteiger partial charge in [-0.25, -0.2) is 18.7 Å². The van der Waals surface area contributed by atoms with Gasteiger partial charge >= 0.3 is 5.97 Å². The molecule has 2 aromatic carbocycles. The number of carboxylic acid groups (broad SMARTS) is 1. The van der Waals surface area contributed by atoms with E-state index >= 15 is 0 Å². The summed E-state index contributed by atoms with van der Waals surface area (Å²) in [7, 11) is -1.50. The van der Waals surface area contributed by atoms with Crippen LogP contribution in [0.25, 0.3) is 11.1 Å². The van der Waals surface area contributed by atoms with Crippen molar-refractivity contribution in [3.05, 3.63) is 59.0 Å². The van der Waals surface area contributed by atoms with E-state index in [2.05, 4.69) is 9.71 Å². The summed E-state index contributed by atoms with van der Waals surface area (Å²) in [6.07, 6.45) is 0.483. The second-order valence-electron chi connectivity index (χ2n) is 5.77. The zero-order valence-corrected chi connectivity index (χ0v) is 14.7. The van der Waals surface area contributed by atoms with E-state index in [4.69, 9.17) is 9.52 Å². The van der Waals surface area contributed by atoms with Gasteiger partial charge in [-0.3, -0.25) is 0 Å². The first-order valence-electron chi connectivity index (χ1n) is 7.79. The number of fused-ring (bicyclic) bond motifs is 1. The van der Waals surface area contributed by atoms with Gasteiger partial charge in [0.1, 0.15) is 16.5 Å². The fourth-order valence-corrected chi connectivity index (χ4v) is 3.34. The lowest BCUT2D eigenvalue weighted by Gasteiger charge is -2.06. The number of hydrogen-bond acceptors (Lipinski definition) is 4. The minimum absolute atomic E-state index is 0.155. The van der Waals surface area contributed by atoms with E-state index in [1.807, 2.05) is 25.1 Å². The van der Waals surface area contributed by atoms with Crippen molar-refractivity contribution in [2.75, 3.05) is 6.54 Å². The number of nitrogens with one attached hydrogen (secondary N) is 1. The molecule has 0 aliphatic heterocycles. The summed E-state index contributed by atoms with van der Waals surface area (Å²) in [5.41, 5.74) is 3.43. The van der Waals surface area contributed by atoms with E-state index < -0.39 is 17.0 Å². The number of aromatic carboxylic acids is 1. The van der Waals surface area contributed by atoms with Crippen LogP contribution in [0.2, 0.25) is 0 Å². The van der Waals surface area contributed by atoms with Crippen molar-refractivity contribution >= 4 is 28.1 Å². The molecule has 1 heterocycles. The van der Waals surface area contributed by atoms with Crippen LogP contribution in [0, 0.1) is 13.8 Å². The quantitative estimate of drug-likeness (QED) is 0.707. The maximum Gasteiger partial charge on any atom is 0.335 e. The van der Waals surface area contributed by atoms with Gasteiger partial charge in [-0.2, -0.15) is 0 Å². The molecular formula is C18H18N2O4S. The number of rotatable bonds is 6. The summed E-state index contributed by atoms with van der Waals surface area (Å²) in [4.78, 5) is 16.0. The highest BCUT2D eigenvalue weighted by Gasteiger charge is 2.12. The van der Waals surface area contributed by atoms with Crippen LogP contribution in [0.4, 0.5) is 0 Å². The number of oxazole rings is 1. The molecule has 0 saturated carbocycles. The van der Waals surface area contributed by atoms with E-state index in [0.717, 1.165) is 16.7 Å². The van der Waals surface area contributed by atoms with Gasteiger partial charge in [-0.05, 0) is 49.2 Å². The first kappa shape index (κ1) is 17.3. The Labute approximate surface area is 147 Å². The van der Waals surface area contributed by atoms with Crippen molar-refractivity contribution in [1.82, 2.24) is 9.71 Å². The van der Waals surface area contributed by atoms with Crippen molar-refractivity contribution in [3.8, 4) is 0 Å². The Balaban J connectivity index is 1.64. The van der Waals surface area contributed by atoms with Gasteiger partial charge in [0.2, 0.25) is 0 Å². The fraction of sp³-hybridized carbons (Fsp3) is 0.222. The van der Waals surface area contributed by atoms with Crippen LogP contribution in [0.3, 0.4) is 0 Å². The third-order valence-corrected chi connectivity index (χ3v) is 4.96. The first-order chi connectivity index (χ1) is 11.9. The number of hydrogen-bond donors (Lipinski definition) is 2. The summed E-state index contributed by atoms with van der Waals surface area (Å²) >= 11 is 0. The lowest BCUT2D eigenvalue weighted by Crippen LogP contribution is -2.20. The van der Waals surface area contributed by atoms with Crippen molar-refractivity contribution < 1.29 is 18.5 Å². The predicted molar refractivity (Wildman–Crippen MR) is 95.0 cm³/mol. The molecule has 6 nitrogen and oxygen atoms in total. The monoisotopic (exact) mass is 358 g/mol. The molecule has 0 amide bonds. The Bertz CT molecular complexity index is 965. The number of nitrogens with zero attached hydrogens (tertiary/aromatic N) is 1. The Hall–Kier alpha value is -2.51. The first-order valence-corrected chi connectivity index (χ1v) is 8.94. The van der Waals surface area contributed by atoms with Crippen molar-refractivity contribution in [3.63, 3.8) is 0 Å². The molecule has 2 N–H and O–H groups in total. The van der Waals surface area contributed by atoms with Crippen molar-refractivity contribution in [2.24, 2.45) is 0 Å². The summed E-state index contributed by atoms with van der Waals surface area (Å²) in [5.74, 6) is -0.460. The molecule has 0 fully saturated rings. The maximum absolute atomic E-state index is 12.3. The van der Waals surface area contributed by atoms with Crippen molar-refractivity contribution in [2.45, 2.75) is 25.2 Å². The Morgan fingerprint density at radius 3 is 2.80 bits per heavy atom. The molecule has 25 heavy (non-hydrogen) atoms. The van der Waals surface area contributed by atoms with E-state index in [9.17, 15) is 9.00 Å². The highest BCUT2D eigenvalue weighted by atomic mass is 32.2. The smallest absolute Gasteiger partial charge is 0.335 e. The van der Waals surface area contributed by atoms with E-state index in [0.29, 0.717) is 29.3 Å². The van der Waals surface area contributed by atoms with Gasteiger partial charge < -0.3 is 9.52 Å². The molecule has 7 heteroatoms.